The number of aldehydes is 1. The van der Waals surface area contributed by atoms with Crippen LogP contribution in [0.4, 0.5) is 0 Å². The highest BCUT2D eigenvalue weighted by Crippen LogP contribution is 2.82. The Bertz CT molecular complexity index is 682. The average molecular weight is 375 g/mol. The standard InChI is InChI=1S/C23H34O4/c1-5-8-27-13-22-11-17-15(4)6-7-18(17)21(12-24)10-16(22)9-19(14(2)3)23(21,22)20(25)26/h9,12,14-18H,5-8,10-11,13H2,1-4H3,(H,25,26)/t15?,16?,17?,18?,21-,22+,23?/m0/s1. The first-order valence-electron chi connectivity index (χ1n) is 10.8. The van der Waals surface area contributed by atoms with E-state index in [0.29, 0.717) is 31.5 Å². The van der Waals surface area contributed by atoms with Crippen molar-refractivity contribution in [2.75, 3.05) is 13.2 Å². The quantitative estimate of drug-likeness (QED) is 0.409. The highest BCUT2D eigenvalue weighted by atomic mass is 16.5. The third kappa shape index (κ3) is 1.98. The minimum atomic E-state index is -1.08. The second-order valence-corrected chi connectivity index (χ2v) is 10.0. The van der Waals surface area contributed by atoms with Gasteiger partial charge in [-0.25, -0.2) is 0 Å². The summed E-state index contributed by atoms with van der Waals surface area (Å²) in [6.45, 7) is 9.66. The fourth-order valence-electron chi connectivity index (χ4n) is 8.03. The monoisotopic (exact) mass is 374 g/mol. The van der Waals surface area contributed by atoms with Gasteiger partial charge in [0.2, 0.25) is 0 Å². The van der Waals surface area contributed by atoms with Gasteiger partial charge in [0.1, 0.15) is 11.7 Å². The van der Waals surface area contributed by atoms with Gasteiger partial charge in [-0.15, -0.1) is 0 Å². The lowest BCUT2D eigenvalue weighted by Crippen LogP contribution is -2.63. The van der Waals surface area contributed by atoms with Crippen LogP contribution < -0.4 is 0 Å². The van der Waals surface area contributed by atoms with E-state index in [4.69, 9.17) is 4.74 Å². The largest absolute Gasteiger partial charge is 0.481 e. The normalized spacial score (nSPS) is 47.2. The average Bonchev–Trinajstić information content (AvgIpc) is 3.19. The number of carbonyl (C=O) groups excluding carboxylic acids is 1. The van der Waals surface area contributed by atoms with Crippen LogP contribution in [-0.4, -0.2) is 30.6 Å². The second kappa shape index (κ2) is 6.17. The van der Waals surface area contributed by atoms with Crippen LogP contribution >= 0.6 is 0 Å². The van der Waals surface area contributed by atoms with Gasteiger partial charge < -0.3 is 14.6 Å². The summed E-state index contributed by atoms with van der Waals surface area (Å²) in [5.41, 5.74) is -1.31. The fraction of sp³-hybridized carbons (Fsp3) is 0.826. The van der Waals surface area contributed by atoms with E-state index in [1.807, 2.05) is 0 Å². The molecule has 1 N–H and O–H groups in total. The van der Waals surface area contributed by atoms with E-state index < -0.39 is 22.2 Å². The molecule has 4 aliphatic rings. The molecule has 3 saturated carbocycles. The van der Waals surface area contributed by atoms with Crippen molar-refractivity contribution in [1.29, 1.82) is 0 Å². The van der Waals surface area contributed by atoms with Crippen LogP contribution in [-0.2, 0) is 14.3 Å². The molecule has 4 rings (SSSR count). The molecule has 0 saturated heterocycles. The highest BCUT2D eigenvalue weighted by Gasteiger charge is 2.84. The molecule has 0 aromatic heterocycles. The number of carboxylic acids is 1. The molecule has 7 atom stereocenters. The molecule has 0 heterocycles. The number of ether oxygens (including phenoxy) is 1. The highest BCUT2D eigenvalue weighted by molar-refractivity contribution is 5.90. The zero-order valence-electron chi connectivity index (χ0n) is 17.2. The minimum absolute atomic E-state index is 0.131. The molecule has 0 radical (unpaired) electrons. The molecule has 5 unspecified atom stereocenters. The van der Waals surface area contributed by atoms with Crippen LogP contribution in [0.2, 0.25) is 0 Å². The van der Waals surface area contributed by atoms with Gasteiger partial charge in [-0.1, -0.05) is 45.8 Å². The summed E-state index contributed by atoms with van der Waals surface area (Å²) in [6, 6.07) is 0. The molecule has 0 spiro atoms. The van der Waals surface area contributed by atoms with Crippen LogP contribution in [0, 0.1) is 45.8 Å². The first-order chi connectivity index (χ1) is 12.8. The van der Waals surface area contributed by atoms with Crippen molar-refractivity contribution in [1.82, 2.24) is 0 Å². The molecule has 0 amide bonds. The molecule has 3 fully saturated rings. The Morgan fingerprint density at radius 1 is 1.37 bits per heavy atom. The third-order valence-electron chi connectivity index (χ3n) is 8.83. The zero-order valence-corrected chi connectivity index (χ0v) is 17.2. The molecule has 0 aromatic carbocycles. The van der Waals surface area contributed by atoms with Crippen molar-refractivity contribution >= 4 is 12.3 Å². The molecule has 0 aromatic rings. The van der Waals surface area contributed by atoms with Gasteiger partial charge in [0.15, 0.2) is 0 Å². The Morgan fingerprint density at radius 3 is 2.70 bits per heavy atom. The number of aliphatic carboxylic acids is 1. The number of hydrogen-bond donors (Lipinski definition) is 1. The Kier molecular flexibility index (Phi) is 4.38. The van der Waals surface area contributed by atoms with Crippen molar-refractivity contribution in [2.24, 2.45) is 45.8 Å². The molecular formula is C23H34O4. The van der Waals surface area contributed by atoms with Gasteiger partial charge in [0.05, 0.1) is 12.0 Å². The van der Waals surface area contributed by atoms with Gasteiger partial charge in [-0.3, -0.25) is 4.79 Å². The molecule has 4 aliphatic carbocycles. The number of rotatable bonds is 7. The molecule has 0 aliphatic heterocycles. The minimum Gasteiger partial charge on any atom is -0.481 e. The molecule has 4 bridgehead atoms. The van der Waals surface area contributed by atoms with E-state index in [1.165, 1.54) is 0 Å². The van der Waals surface area contributed by atoms with E-state index in [1.54, 1.807) is 0 Å². The summed E-state index contributed by atoms with van der Waals surface area (Å²) >= 11 is 0. The van der Waals surface area contributed by atoms with Crippen LogP contribution in [0.5, 0.6) is 0 Å². The Morgan fingerprint density at radius 2 is 2.11 bits per heavy atom. The zero-order chi connectivity index (χ0) is 19.6. The molecule has 27 heavy (non-hydrogen) atoms. The third-order valence-corrected chi connectivity index (χ3v) is 8.83. The maximum absolute atomic E-state index is 13.1. The van der Waals surface area contributed by atoms with Gasteiger partial charge in [0, 0.05) is 12.0 Å². The number of allylic oxidation sites excluding steroid dienone is 1. The van der Waals surface area contributed by atoms with Crippen molar-refractivity contribution in [3.8, 4) is 0 Å². The summed E-state index contributed by atoms with van der Waals surface area (Å²) in [6.07, 6.45) is 7.93. The van der Waals surface area contributed by atoms with Crippen molar-refractivity contribution in [2.45, 2.75) is 59.8 Å². The predicted molar refractivity (Wildman–Crippen MR) is 103 cm³/mol. The molecular weight excluding hydrogens is 340 g/mol. The van der Waals surface area contributed by atoms with Crippen LogP contribution in [0.3, 0.4) is 0 Å². The first-order valence-corrected chi connectivity index (χ1v) is 10.8. The lowest BCUT2D eigenvalue weighted by Gasteiger charge is -2.58. The maximum atomic E-state index is 13.1. The number of hydrogen-bond acceptors (Lipinski definition) is 3. The number of carboxylic acid groups (broad SMARTS) is 1. The fourth-order valence-corrected chi connectivity index (χ4v) is 8.03. The van der Waals surface area contributed by atoms with Crippen LogP contribution in [0.25, 0.3) is 0 Å². The molecule has 4 nitrogen and oxygen atoms in total. The lowest BCUT2D eigenvalue weighted by molar-refractivity contribution is -0.186. The van der Waals surface area contributed by atoms with Gasteiger partial charge >= 0.3 is 5.97 Å². The van der Waals surface area contributed by atoms with Gasteiger partial charge in [-0.2, -0.15) is 0 Å². The van der Waals surface area contributed by atoms with Gasteiger partial charge in [-0.05, 0) is 55.3 Å². The van der Waals surface area contributed by atoms with E-state index in [2.05, 4.69) is 33.8 Å². The predicted octanol–water partition coefficient (Wildman–Crippen LogP) is 4.34. The SMILES string of the molecule is CCCOC[C@]12CC3C(C)CCC3[C@@]3(C=O)CC1C=C(C(C)C)C23C(=O)O. The number of fused-ring (bicyclic) bond motifs is 2. The summed E-state index contributed by atoms with van der Waals surface area (Å²) < 4.78 is 6.09. The van der Waals surface area contributed by atoms with Gasteiger partial charge in [0.25, 0.3) is 0 Å². The summed E-state index contributed by atoms with van der Waals surface area (Å²) in [4.78, 5) is 25.9. The maximum Gasteiger partial charge on any atom is 0.315 e. The summed E-state index contributed by atoms with van der Waals surface area (Å²) in [5, 5.41) is 10.8. The summed E-state index contributed by atoms with van der Waals surface area (Å²) in [7, 11) is 0. The number of carbonyl (C=O) groups is 2. The topological polar surface area (TPSA) is 63.6 Å². The Hall–Kier alpha value is -1.16. The van der Waals surface area contributed by atoms with E-state index >= 15 is 0 Å². The Labute approximate surface area is 162 Å². The van der Waals surface area contributed by atoms with E-state index in [0.717, 1.165) is 37.5 Å². The van der Waals surface area contributed by atoms with Crippen molar-refractivity contribution < 1.29 is 19.4 Å². The van der Waals surface area contributed by atoms with E-state index in [-0.39, 0.29) is 17.8 Å². The van der Waals surface area contributed by atoms with Crippen LogP contribution in [0.15, 0.2) is 11.6 Å². The summed E-state index contributed by atoms with van der Waals surface area (Å²) in [5.74, 6) is 0.696. The first kappa shape index (κ1) is 19.2. The van der Waals surface area contributed by atoms with Crippen molar-refractivity contribution in [3.63, 3.8) is 0 Å². The Balaban J connectivity index is 1.94. The van der Waals surface area contributed by atoms with Crippen molar-refractivity contribution in [3.05, 3.63) is 11.6 Å². The second-order valence-electron chi connectivity index (χ2n) is 10.0. The van der Waals surface area contributed by atoms with E-state index in [9.17, 15) is 14.7 Å². The molecule has 4 heteroatoms. The lowest BCUT2D eigenvalue weighted by atomic mass is 9.43. The smallest absolute Gasteiger partial charge is 0.315 e. The molecule has 150 valence electrons. The van der Waals surface area contributed by atoms with Crippen LogP contribution in [0.1, 0.15) is 59.8 Å².